The summed E-state index contributed by atoms with van der Waals surface area (Å²) in [6.07, 6.45) is -1.73. The van der Waals surface area contributed by atoms with E-state index in [0.717, 1.165) is 6.42 Å². The number of hydrogen-bond acceptors (Lipinski definition) is 3. The van der Waals surface area contributed by atoms with Crippen LogP contribution in [-0.4, -0.2) is 49.3 Å². The Balaban J connectivity index is 1.88. The summed E-state index contributed by atoms with van der Waals surface area (Å²) in [5.74, 6) is -1.80. The molecule has 1 aliphatic heterocycles. The Morgan fingerprint density at radius 3 is 2.52 bits per heavy atom. The van der Waals surface area contributed by atoms with Crippen LogP contribution in [0.2, 0.25) is 0 Å². The van der Waals surface area contributed by atoms with Gasteiger partial charge in [0, 0.05) is 19.6 Å². The van der Waals surface area contributed by atoms with E-state index in [2.05, 4.69) is 5.32 Å². The minimum atomic E-state index is -4.28. The highest BCUT2D eigenvalue weighted by molar-refractivity contribution is 5.80. The van der Waals surface area contributed by atoms with Crippen molar-refractivity contribution in [3.63, 3.8) is 0 Å². The Morgan fingerprint density at radius 1 is 1.30 bits per heavy atom. The molecule has 0 radical (unpaired) electrons. The van der Waals surface area contributed by atoms with Crippen LogP contribution in [0.5, 0.6) is 0 Å². The molecule has 1 N–H and O–H groups in total. The van der Waals surface area contributed by atoms with Crippen molar-refractivity contribution in [3.05, 3.63) is 0 Å². The second-order valence-corrected chi connectivity index (χ2v) is 6.34. The topological polar surface area (TPSA) is 58.6 Å². The number of urea groups is 1. The van der Waals surface area contributed by atoms with Crippen LogP contribution in [0.1, 0.15) is 39.0 Å². The van der Waals surface area contributed by atoms with Gasteiger partial charge in [-0.15, -0.1) is 0 Å². The predicted octanol–water partition coefficient (Wildman–Crippen LogP) is 2.70. The number of piperidine rings is 1. The number of alkyl halides is 3. The number of carbonyl (C=O) groups is 2. The van der Waals surface area contributed by atoms with E-state index in [1.165, 1.54) is 4.90 Å². The molecule has 0 spiro atoms. The summed E-state index contributed by atoms with van der Waals surface area (Å²) < 4.78 is 43.4. The maximum atomic E-state index is 12.8. The molecule has 1 saturated carbocycles. The van der Waals surface area contributed by atoms with E-state index < -0.39 is 23.5 Å². The monoisotopic (exact) mass is 336 g/mol. The van der Waals surface area contributed by atoms with Gasteiger partial charge in [-0.25, -0.2) is 4.79 Å². The molecule has 1 aliphatic carbocycles. The zero-order valence-electron chi connectivity index (χ0n) is 13.2. The van der Waals surface area contributed by atoms with E-state index >= 15 is 0 Å². The van der Waals surface area contributed by atoms with Crippen molar-refractivity contribution in [3.8, 4) is 0 Å². The number of carbonyl (C=O) groups excluding carboxylic acids is 2. The van der Waals surface area contributed by atoms with Crippen LogP contribution in [-0.2, 0) is 9.53 Å². The number of rotatable bonds is 4. The normalized spacial score (nSPS) is 23.8. The second kappa shape index (κ2) is 6.97. The number of likely N-dealkylation sites (tertiary alicyclic amines) is 1. The fourth-order valence-electron chi connectivity index (χ4n) is 3.13. The Hall–Kier alpha value is -1.47. The minimum Gasteiger partial charge on any atom is -0.466 e. The average molecular weight is 336 g/mol. The van der Waals surface area contributed by atoms with Gasteiger partial charge in [-0.1, -0.05) is 6.42 Å². The minimum absolute atomic E-state index is 0.0556. The number of ether oxygens (including phenoxy) is 1. The number of nitrogens with zero attached hydrogens (tertiary/aromatic N) is 1. The molecule has 1 heterocycles. The van der Waals surface area contributed by atoms with E-state index in [1.807, 2.05) is 0 Å². The Bertz CT molecular complexity index is 450. The van der Waals surface area contributed by atoms with E-state index in [9.17, 15) is 22.8 Å². The molecule has 0 aromatic rings. The van der Waals surface area contributed by atoms with E-state index in [-0.39, 0.29) is 32.1 Å². The zero-order chi connectivity index (χ0) is 17.1. The molecule has 5 nitrogen and oxygen atoms in total. The molecule has 0 bridgehead atoms. The van der Waals surface area contributed by atoms with Gasteiger partial charge in [0.25, 0.3) is 0 Å². The van der Waals surface area contributed by atoms with Crippen LogP contribution >= 0.6 is 0 Å². The fraction of sp³-hybridized carbons (Fsp3) is 0.867. The van der Waals surface area contributed by atoms with E-state index in [4.69, 9.17) is 4.74 Å². The van der Waals surface area contributed by atoms with Crippen LogP contribution in [0, 0.1) is 11.3 Å². The first-order chi connectivity index (χ1) is 10.8. The summed E-state index contributed by atoms with van der Waals surface area (Å²) in [6, 6.07) is -0.533. The lowest BCUT2D eigenvalue weighted by molar-refractivity contribution is -0.184. The molecule has 1 atom stereocenters. The smallest absolute Gasteiger partial charge is 0.393 e. The third-order valence-corrected chi connectivity index (χ3v) is 4.77. The first-order valence-electron chi connectivity index (χ1n) is 8.05. The molecule has 2 aliphatic rings. The van der Waals surface area contributed by atoms with Gasteiger partial charge in [0.2, 0.25) is 0 Å². The summed E-state index contributed by atoms with van der Waals surface area (Å²) in [4.78, 5) is 25.3. The van der Waals surface area contributed by atoms with Crippen molar-refractivity contribution in [2.45, 2.75) is 45.2 Å². The van der Waals surface area contributed by atoms with Crippen LogP contribution < -0.4 is 5.32 Å². The lowest BCUT2D eigenvalue weighted by Crippen LogP contribution is -2.53. The van der Waals surface area contributed by atoms with Crippen molar-refractivity contribution in [1.29, 1.82) is 0 Å². The van der Waals surface area contributed by atoms with Gasteiger partial charge in [0.15, 0.2) is 0 Å². The van der Waals surface area contributed by atoms with Crippen LogP contribution in [0.25, 0.3) is 0 Å². The highest BCUT2D eigenvalue weighted by Gasteiger charge is 2.46. The van der Waals surface area contributed by atoms with Gasteiger partial charge < -0.3 is 15.0 Å². The Kier molecular flexibility index (Phi) is 5.41. The summed E-state index contributed by atoms with van der Waals surface area (Å²) in [6.45, 7) is 2.10. The van der Waals surface area contributed by atoms with Gasteiger partial charge in [-0.2, -0.15) is 13.2 Å². The van der Waals surface area contributed by atoms with Crippen molar-refractivity contribution in [2.75, 3.05) is 26.2 Å². The molecule has 0 aromatic heterocycles. The quantitative estimate of drug-likeness (QED) is 0.803. The Labute approximate surface area is 133 Å². The maximum absolute atomic E-state index is 12.8. The molecule has 8 heteroatoms. The largest absolute Gasteiger partial charge is 0.466 e. The Morgan fingerprint density at radius 2 is 2.00 bits per heavy atom. The van der Waals surface area contributed by atoms with E-state index in [1.54, 1.807) is 6.92 Å². The third-order valence-electron chi connectivity index (χ3n) is 4.77. The molecule has 1 saturated heterocycles. The SMILES string of the molecule is CCOC(=O)C1(CNC(=O)N2CCCC(C(F)(F)F)C2)CCC1. The third kappa shape index (κ3) is 4.09. The molecule has 23 heavy (non-hydrogen) atoms. The van der Waals surface area contributed by atoms with Gasteiger partial charge in [-0.3, -0.25) is 4.79 Å². The molecule has 0 aromatic carbocycles. The van der Waals surface area contributed by atoms with Crippen LogP contribution in [0.3, 0.4) is 0 Å². The highest BCUT2D eigenvalue weighted by Crippen LogP contribution is 2.41. The van der Waals surface area contributed by atoms with Crippen molar-refractivity contribution in [2.24, 2.45) is 11.3 Å². The van der Waals surface area contributed by atoms with Crippen molar-refractivity contribution in [1.82, 2.24) is 10.2 Å². The second-order valence-electron chi connectivity index (χ2n) is 6.34. The molecule has 2 rings (SSSR count). The van der Waals surface area contributed by atoms with Crippen molar-refractivity contribution >= 4 is 12.0 Å². The predicted molar refractivity (Wildman–Crippen MR) is 76.7 cm³/mol. The molecule has 132 valence electrons. The number of hydrogen-bond donors (Lipinski definition) is 1. The van der Waals surface area contributed by atoms with Crippen LogP contribution in [0.4, 0.5) is 18.0 Å². The highest BCUT2D eigenvalue weighted by atomic mass is 19.4. The van der Waals surface area contributed by atoms with E-state index in [0.29, 0.717) is 25.8 Å². The van der Waals surface area contributed by atoms with Gasteiger partial charge in [-0.05, 0) is 32.6 Å². The van der Waals surface area contributed by atoms with Gasteiger partial charge in [0.05, 0.1) is 17.9 Å². The standard InChI is InChI=1S/C15H23F3N2O3/c1-2-23-12(21)14(6-4-7-14)10-19-13(22)20-8-3-5-11(9-20)15(16,17)18/h11H,2-10H2,1H3,(H,19,22). The summed E-state index contributed by atoms with van der Waals surface area (Å²) in [5, 5.41) is 2.63. The molecular formula is C15H23F3N2O3. The van der Waals surface area contributed by atoms with Gasteiger partial charge in [0.1, 0.15) is 0 Å². The number of halogens is 3. The summed E-state index contributed by atoms with van der Waals surface area (Å²) in [7, 11) is 0. The number of nitrogens with one attached hydrogen (secondary N) is 1. The number of amides is 2. The van der Waals surface area contributed by atoms with Gasteiger partial charge >= 0.3 is 18.2 Å². The first kappa shape index (κ1) is 17.9. The lowest BCUT2D eigenvalue weighted by Gasteiger charge is -2.40. The summed E-state index contributed by atoms with van der Waals surface area (Å²) >= 11 is 0. The average Bonchev–Trinajstić information content (AvgIpc) is 2.45. The number of esters is 1. The first-order valence-corrected chi connectivity index (χ1v) is 8.05. The molecule has 1 unspecified atom stereocenters. The van der Waals surface area contributed by atoms with Crippen LogP contribution in [0.15, 0.2) is 0 Å². The molecule has 2 amide bonds. The molecular weight excluding hydrogens is 313 g/mol. The zero-order valence-corrected chi connectivity index (χ0v) is 13.2. The molecule has 2 fully saturated rings. The summed E-state index contributed by atoms with van der Waals surface area (Å²) in [5.41, 5.74) is -0.703. The lowest BCUT2D eigenvalue weighted by atomic mass is 9.68. The van der Waals surface area contributed by atoms with Crippen molar-refractivity contribution < 1.29 is 27.5 Å². The maximum Gasteiger partial charge on any atom is 0.393 e. The fourth-order valence-corrected chi connectivity index (χ4v) is 3.13.